The third-order valence-electron chi connectivity index (χ3n) is 5.61. The zero-order valence-electron chi connectivity index (χ0n) is 17.0. The molecule has 1 saturated carbocycles. The Morgan fingerprint density at radius 2 is 1.90 bits per heavy atom. The van der Waals surface area contributed by atoms with E-state index in [1.54, 1.807) is 0 Å². The summed E-state index contributed by atoms with van der Waals surface area (Å²) in [4.78, 5) is 12.5. The first-order chi connectivity index (χ1) is 14.3. The van der Waals surface area contributed by atoms with E-state index in [4.69, 9.17) is 11.6 Å². The minimum Gasteiger partial charge on any atom is -0.368 e. The predicted octanol–water partition coefficient (Wildman–Crippen LogP) is 5.14. The van der Waals surface area contributed by atoms with Crippen LogP contribution in [0.25, 0.3) is 0 Å². The molecule has 1 aromatic heterocycles. The molecule has 1 aliphatic rings. The highest BCUT2D eigenvalue weighted by Gasteiger charge is 2.29. The molecule has 2 aromatic rings. The van der Waals surface area contributed by atoms with E-state index in [-0.39, 0.29) is 6.04 Å². The standard InChI is InChI=1S/C21H26ClF3N4O/c1-3-4-14-9-15(29-28-14)26-10-12-5-7-13(8-6-12)27-21(30)16-17(22)20(25)19(24)11(2)18(16)23/h9,12-13H,3-8,10H2,1-2H3,(H,27,30)(H2,26,28,29). The molecule has 5 nitrogen and oxygen atoms in total. The lowest BCUT2D eigenvalue weighted by Gasteiger charge is -2.29. The zero-order valence-corrected chi connectivity index (χ0v) is 17.8. The first-order valence-corrected chi connectivity index (χ1v) is 10.6. The van der Waals surface area contributed by atoms with E-state index in [2.05, 4.69) is 27.8 Å². The maximum absolute atomic E-state index is 14.3. The van der Waals surface area contributed by atoms with Gasteiger partial charge >= 0.3 is 0 Å². The number of nitrogens with one attached hydrogen (secondary N) is 3. The largest absolute Gasteiger partial charge is 0.368 e. The van der Waals surface area contributed by atoms with Crippen molar-refractivity contribution in [1.29, 1.82) is 0 Å². The number of aromatic amines is 1. The molecule has 1 amide bonds. The van der Waals surface area contributed by atoms with Gasteiger partial charge in [0.1, 0.15) is 11.6 Å². The van der Waals surface area contributed by atoms with Gasteiger partial charge in [-0.1, -0.05) is 24.9 Å². The van der Waals surface area contributed by atoms with Gasteiger partial charge in [0.2, 0.25) is 0 Å². The zero-order chi connectivity index (χ0) is 21.8. The number of hydrogen-bond donors (Lipinski definition) is 3. The van der Waals surface area contributed by atoms with E-state index in [0.717, 1.165) is 50.7 Å². The van der Waals surface area contributed by atoms with Crippen LogP contribution >= 0.6 is 11.6 Å². The molecule has 1 aliphatic carbocycles. The van der Waals surface area contributed by atoms with Crippen LogP contribution in [0.3, 0.4) is 0 Å². The Morgan fingerprint density at radius 3 is 2.57 bits per heavy atom. The molecule has 30 heavy (non-hydrogen) atoms. The highest BCUT2D eigenvalue weighted by Crippen LogP contribution is 2.30. The summed E-state index contributed by atoms with van der Waals surface area (Å²) in [5, 5.41) is 12.5. The second-order valence-electron chi connectivity index (χ2n) is 7.86. The minimum atomic E-state index is -1.41. The summed E-state index contributed by atoms with van der Waals surface area (Å²) in [5.41, 5.74) is -0.0969. The van der Waals surface area contributed by atoms with Crippen molar-refractivity contribution < 1.29 is 18.0 Å². The number of nitrogens with zero attached hydrogens (tertiary/aromatic N) is 1. The monoisotopic (exact) mass is 442 g/mol. The Labute approximate surface area is 178 Å². The summed E-state index contributed by atoms with van der Waals surface area (Å²) in [7, 11) is 0. The second kappa shape index (κ2) is 9.73. The fourth-order valence-corrected chi connectivity index (χ4v) is 4.07. The van der Waals surface area contributed by atoms with E-state index >= 15 is 0 Å². The number of aryl methyl sites for hydroxylation is 1. The number of amides is 1. The van der Waals surface area contributed by atoms with Gasteiger partial charge in [-0.3, -0.25) is 9.89 Å². The number of anilines is 1. The van der Waals surface area contributed by atoms with Gasteiger partial charge in [0, 0.05) is 29.9 Å². The van der Waals surface area contributed by atoms with Crippen molar-refractivity contribution in [2.75, 3.05) is 11.9 Å². The van der Waals surface area contributed by atoms with Gasteiger partial charge in [-0.25, -0.2) is 13.2 Å². The van der Waals surface area contributed by atoms with Crippen LogP contribution in [0.15, 0.2) is 6.07 Å². The fraction of sp³-hybridized carbons (Fsp3) is 0.524. The van der Waals surface area contributed by atoms with Gasteiger partial charge in [-0.05, 0) is 44.9 Å². The lowest BCUT2D eigenvalue weighted by atomic mass is 9.86. The molecule has 1 aromatic carbocycles. The number of H-pyrrole nitrogens is 1. The normalized spacial score (nSPS) is 19.0. The number of carbonyl (C=O) groups excluding carboxylic acids is 1. The van der Waals surface area contributed by atoms with Crippen LogP contribution in [-0.4, -0.2) is 28.7 Å². The summed E-state index contributed by atoms with van der Waals surface area (Å²) >= 11 is 5.70. The van der Waals surface area contributed by atoms with Gasteiger partial charge in [0.05, 0.1) is 10.6 Å². The van der Waals surface area contributed by atoms with Crippen molar-refractivity contribution in [2.45, 2.75) is 58.4 Å². The fourth-order valence-electron chi connectivity index (χ4n) is 3.82. The number of benzene rings is 1. The van der Waals surface area contributed by atoms with Gasteiger partial charge in [0.25, 0.3) is 5.91 Å². The van der Waals surface area contributed by atoms with Crippen LogP contribution in [-0.2, 0) is 6.42 Å². The average molecular weight is 443 g/mol. The predicted molar refractivity (Wildman–Crippen MR) is 110 cm³/mol. The van der Waals surface area contributed by atoms with E-state index in [1.807, 2.05) is 6.07 Å². The van der Waals surface area contributed by atoms with Crippen molar-refractivity contribution in [1.82, 2.24) is 15.5 Å². The Balaban J connectivity index is 1.52. The van der Waals surface area contributed by atoms with Crippen LogP contribution in [0.1, 0.15) is 60.6 Å². The maximum Gasteiger partial charge on any atom is 0.256 e. The molecule has 1 fully saturated rings. The number of carbonyl (C=O) groups is 1. The van der Waals surface area contributed by atoms with Crippen LogP contribution in [0.5, 0.6) is 0 Å². The lowest BCUT2D eigenvalue weighted by Crippen LogP contribution is -2.39. The van der Waals surface area contributed by atoms with E-state index in [9.17, 15) is 18.0 Å². The highest BCUT2D eigenvalue weighted by molar-refractivity contribution is 6.34. The molecule has 1 heterocycles. The number of halogens is 4. The second-order valence-corrected chi connectivity index (χ2v) is 8.23. The summed E-state index contributed by atoms with van der Waals surface area (Å²) < 4.78 is 41.7. The molecule has 0 bridgehead atoms. The van der Waals surface area contributed by atoms with Gasteiger partial charge in [0.15, 0.2) is 11.6 Å². The Hall–Kier alpha value is -2.22. The van der Waals surface area contributed by atoms with Crippen LogP contribution in [0.2, 0.25) is 5.02 Å². The Morgan fingerprint density at radius 1 is 1.20 bits per heavy atom. The molecular formula is C21H26ClF3N4O. The molecule has 3 rings (SSSR count). The van der Waals surface area contributed by atoms with E-state index < -0.39 is 39.5 Å². The van der Waals surface area contributed by atoms with E-state index in [0.29, 0.717) is 18.8 Å². The molecule has 3 N–H and O–H groups in total. The first-order valence-electron chi connectivity index (χ1n) is 10.2. The molecule has 0 spiro atoms. The average Bonchev–Trinajstić information content (AvgIpc) is 3.18. The van der Waals surface area contributed by atoms with Crippen molar-refractivity contribution in [2.24, 2.45) is 5.92 Å². The van der Waals surface area contributed by atoms with Crippen molar-refractivity contribution >= 4 is 23.3 Å². The van der Waals surface area contributed by atoms with Crippen molar-refractivity contribution in [3.63, 3.8) is 0 Å². The third-order valence-corrected chi connectivity index (χ3v) is 5.97. The summed E-state index contributed by atoms with van der Waals surface area (Å²) in [6.45, 7) is 3.96. The number of aromatic nitrogens is 2. The quantitative estimate of drug-likeness (QED) is 0.410. The Kier molecular flexibility index (Phi) is 7.28. The third kappa shape index (κ3) is 4.91. The summed E-state index contributed by atoms with van der Waals surface area (Å²) in [5.74, 6) is -3.48. The highest BCUT2D eigenvalue weighted by atomic mass is 35.5. The molecule has 0 aliphatic heterocycles. The molecule has 0 saturated heterocycles. The summed E-state index contributed by atoms with van der Waals surface area (Å²) in [6, 6.07) is 1.84. The van der Waals surface area contributed by atoms with Crippen molar-refractivity contribution in [3.05, 3.63) is 45.4 Å². The minimum absolute atomic E-state index is 0.167. The Bertz CT molecular complexity index is 881. The van der Waals surface area contributed by atoms with Gasteiger partial charge in [-0.15, -0.1) is 0 Å². The molecular weight excluding hydrogens is 417 g/mol. The molecule has 9 heteroatoms. The molecule has 0 unspecified atom stereocenters. The number of rotatable bonds is 7. The van der Waals surface area contributed by atoms with Crippen LogP contribution in [0.4, 0.5) is 19.0 Å². The molecule has 164 valence electrons. The lowest BCUT2D eigenvalue weighted by molar-refractivity contribution is 0.0918. The van der Waals surface area contributed by atoms with Crippen LogP contribution in [0, 0.1) is 30.3 Å². The smallest absolute Gasteiger partial charge is 0.256 e. The topological polar surface area (TPSA) is 69.8 Å². The SMILES string of the molecule is CCCc1cc(NCC2CCC(NC(=O)c3c(F)c(C)c(F)c(F)c3Cl)CC2)n[nH]1. The molecule has 0 radical (unpaired) electrons. The number of hydrogen-bond acceptors (Lipinski definition) is 3. The van der Waals surface area contributed by atoms with Crippen molar-refractivity contribution in [3.8, 4) is 0 Å². The van der Waals surface area contributed by atoms with Gasteiger partial charge in [-0.2, -0.15) is 5.10 Å². The van der Waals surface area contributed by atoms with E-state index in [1.165, 1.54) is 0 Å². The first kappa shape index (κ1) is 22.5. The molecule has 0 atom stereocenters. The maximum atomic E-state index is 14.3. The van der Waals surface area contributed by atoms with Crippen LogP contribution < -0.4 is 10.6 Å². The van der Waals surface area contributed by atoms with Gasteiger partial charge < -0.3 is 10.6 Å². The summed E-state index contributed by atoms with van der Waals surface area (Å²) in [6.07, 6.45) is 5.18.